The second kappa shape index (κ2) is 6.93. The van der Waals surface area contributed by atoms with Crippen molar-refractivity contribution in [3.63, 3.8) is 0 Å². The number of sulfonamides is 1. The summed E-state index contributed by atoms with van der Waals surface area (Å²) in [4.78, 5) is 12.0. The Kier molecular flexibility index (Phi) is 5.17. The average molecular weight is 336 g/mol. The van der Waals surface area contributed by atoms with Gasteiger partial charge in [0.15, 0.2) is 5.82 Å². The molecule has 0 aliphatic carbocycles. The summed E-state index contributed by atoms with van der Waals surface area (Å²) in [5.74, 6) is 0.141. The predicted molar refractivity (Wildman–Crippen MR) is 87.6 cm³/mol. The van der Waals surface area contributed by atoms with Crippen molar-refractivity contribution in [2.45, 2.75) is 25.2 Å². The molecule has 7 nitrogen and oxygen atoms in total. The summed E-state index contributed by atoms with van der Waals surface area (Å²) in [6.45, 7) is 3.59. The molecule has 1 aromatic carbocycles. The summed E-state index contributed by atoms with van der Waals surface area (Å²) < 4.78 is 28.6. The maximum absolute atomic E-state index is 12.3. The number of hydrogen-bond donors (Lipinski definition) is 2. The number of aromatic nitrogens is 2. The number of nitrogens with one attached hydrogen (secondary N) is 2. The highest BCUT2D eigenvalue weighted by atomic mass is 32.2. The monoisotopic (exact) mass is 336 g/mol. The minimum absolute atomic E-state index is 0.0222. The number of nitrogens with zero attached hydrogens (tertiary/aromatic N) is 2. The van der Waals surface area contributed by atoms with E-state index in [1.165, 1.54) is 0 Å². The summed E-state index contributed by atoms with van der Waals surface area (Å²) in [5, 5.41) is 6.63. The Hall–Kier alpha value is -2.19. The van der Waals surface area contributed by atoms with Crippen molar-refractivity contribution < 1.29 is 13.2 Å². The van der Waals surface area contributed by atoms with Gasteiger partial charge in [0.2, 0.25) is 15.9 Å². The van der Waals surface area contributed by atoms with E-state index in [4.69, 9.17) is 0 Å². The van der Waals surface area contributed by atoms with Crippen LogP contribution in [0.3, 0.4) is 0 Å². The highest BCUT2D eigenvalue weighted by Crippen LogP contribution is 2.16. The molecule has 0 unspecified atom stereocenters. The Labute approximate surface area is 135 Å². The summed E-state index contributed by atoms with van der Waals surface area (Å²) in [6, 6.07) is 6.90. The van der Waals surface area contributed by atoms with E-state index in [0.717, 1.165) is 5.56 Å². The third-order valence-corrected chi connectivity index (χ3v) is 4.86. The Bertz CT molecular complexity index is 812. The Balaban J connectivity index is 1.92. The van der Waals surface area contributed by atoms with Crippen LogP contribution < -0.4 is 10.0 Å². The maximum Gasteiger partial charge on any atom is 0.240 e. The number of amides is 1. The van der Waals surface area contributed by atoms with Crippen molar-refractivity contribution in [2.75, 3.05) is 11.9 Å². The average Bonchev–Trinajstić information content (AvgIpc) is 2.86. The molecule has 0 aliphatic heterocycles. The van der Waals surface area contributed by atoms with Crippen LogP contribution in [-0.2, 0) is 21.9 Å². The van der Waals surface area contributed by atoms with Crippen LogP contribution in [0, 0.1) is 13.8 Å². The molecule has 8 heteroatoms. The van der Waals surface area contributed by atoms with Gasteiger partial charge in [-0.15, -0.1) is 0 Å². The Morgan fingerprint density at radius 2 is 2.00 bits per heavy atom. The lowest BCUT2D eigenvalue weighted by Gasteiger charge is -2.10. The number of carbonyl (C=O) groups excluding carboxylic acids is 1. The molecule has 1 amide bonds. The molecule has 2 N–H and O–H groups in total. The molecule has 0 saturated heterocycles. The Morgan fingerprint density at radius 1 is 1.26 bits per heavy atom. The fourth-order valence-electron chi connectivity index (χ4n) is 2.06. The lowest BCUT2D eigenvalue weighted by molar-refractivity contribution is -0.116. The van der Waals surface area contributed by atoms with Crippen LogP contribution in [0.5, 0.6) is 0 Å². The summed E-state index contributed by atoms with van der Waals surface area (Å²) in [6.07, 6.45) is 1.74. The van der Waals surface area contributed by atoms with Crippen molar-refractivity contribution in [1.82, 2.24) is 14.5 Å². The fourth-order valence-corrected chi connectivity index (χ4v) is 3.42. The first kappa shape index (κ1) is 17.2. The highest BCUT2D eigenvalue weighted by Gasteiger charge is 2.17. The number of rotatable bonds is 6. The number of hydrogen-bond acceptors (Lipinski definition) is 4. The number of benzene rings is 1. The molecular weight excluding hydrogens is 316 g/mol. The van der Waals surface area contributed by atoms with Gasteiger partial charge in [-0.05, 0) is 31.0 Å². The van der Waals surface area contributed by atoms with E-state index in [9.17, 15) is 13.2 Å². The molecular formula is C15H20N4O3S. The van der Waals surface area contributed by atoms with Gasteiger partial charge in [0.1, 0.15) is 0 Å². The Morgan fingerprint density at radius 3 is 2.65 bits per heavy atom. The minimum Gasteiger partial charge on any atom is -0.309 e. The summed E-state index contributed by atoms with van der Waals surface area (Å²) >= 11 is 0. The standard InChI is InChI=1S/C15H20N4O3S/c1-11-4-5-12(2)13(10-11)23(21,22)16-8-6-15(20)17-14-7-9-19(3)18-14/h4-5,7,9-10,16H,6,8H2,1-3H3,(H,17,18,20). The van der Waals surface area contributed by atoms with E-state index in [1.54, 1.807) is 43.0 Å². The third kappa shape index (κ3) is 4.64. The molecule has 0 atom stereocenters. The zero-order valence-electron chi connectivity index (χ0n) is 13.3. The minimum atomic E-state index is -3.63. The molecule has 124 valence electrons. The smallest absolute Gasteiger partial charge is 0.240 e. The second-order valence-electron chi connectivity index (χ2n) is 5.34. The molecule has 0 spiro atoms. The largest absolute Gasteiger partial charge is 0.309 e. The molecule has 2 rings (SSSR count). The van der Waals surface area contributed by atoms with Gasteiger partial charge < -0.3 is 5.32 Å². The van der Waals surface area contributed by atoms with E-state index in [1.807, 2.05) is 13.0 Å². The van der Waals surface area contributed by atoms with Crippen molar-refractivity contribution in [3.8, 4) is 0 Å². The van der Waals surface area contributed by atoms with E-state index in [2.05, 4.69) is 15.1 Å². The second-order valence-corrected chi connectivity index (χ2v) is 7.07. The lowest BCUT2D eigenvalue weighted by atomic mass is 10.2. The first-order valence-corrected chi connectivity index (χ1v) is 8.63. The highest BCUT2D eigenvalue weighted by molar-refractivity contribution is 7.89. The molecule has 2 aromatic rings. The van der Waals surface area contributed by atoms with Crippen LogP contribution >= 0.6 is 0 Å². The molecule has 0 aliphatic rings. The first-order chi connectivity index (χ1) is 10.8. The zero-order valence-corrected chi connectivity index (χ0v) is 14.1. The lowest BCUT2D eigenvalue weighted by Crippen LogP contribution is -2.28. The predicted octanol–water partition coefficient (Wildman–Crippen LogP) is 1.34. The van der Waals surface area contributed by atoms with Crippen molar-refractivity contribution in [1.29, 1.82) is 0 Å². The normalized spacial score (nSPS) is 11.4. The van der Waals surface area contributed by atoms with Gasteiger partial charge in [0.25, 0.3) is 0 Å². The maximum atomic E-state index is 12.3. The third-order valence-electron chi connectivity index (χ3n) is 3.26. The van der Waals surface area contributed by atoms with Gasteiger partial charge in [-0.2, -0.15) is 5.10 Å². The molecule has 23 heavy (non-hydrogen) atoms. The molecule has 0 saturated carbocycles. The van der Waals surface area contributed by atoms with Crippen LogP contribution in [0.25, 0.3) is 0 Å². The van der Waals surface area contributed by atoms with Crippen molar-refractivity contribution >= 4 is 21.7 Å². The molecule has 1 aromatic heterocycles. The van der Waals surface area contributed by atoms with E-state index in [-0.39, 0.29) is 23.8 Å². The molecule has 0 fully saturated rings. The van der Waals surface area contributed by atoms with Crippen LogP contribution in [0.1, 0.15) is 17.5 Å². The van der Waals surface area contributed by atoms with E-state index < -0.39 is 10.0 Å². The summed E-state index contributed by atoms with van der Waals surface area (Å²) in [7, 11) is -1.88. The number of aryl methyl sites for hydroxylation is 3. The molecule has 0 radical (unpaired) electrons. The van der Waals surface area contributed by atoms with Gasteiger partial charge in [0.05, 0.1) is 4.90 Å². The SMILES string of the molecule is Cc1ccc(C)c(S(=O)(=O)NCCC(=O)Nc2ccn(C)n2)c1. The molecule has 0 bridgehead atoms. The quantitative estimate of drug-likeness (QED) is 0.832. The van der Waals surface area contributed by atoms with Crippen LogP contribution in [0.2, 0.25) is 0 Å². The van der Waals surface area contributed by atoms with Gasteiger partial charge in [-0.25, -0.2) is 13.1 Å². The summed E-state index contributed by atoms with van der Waals surface area (Å²) in [5.41, 5.74) is 1.53. The molecule has 1 heterocycles. The van der Waals surface area contributed by atoms with Crippen LogP contribution in [0.4, 0.5) is 5.82 Å². The first-order valence-electron chi connectivity index (χ1n) is 7.14. The van der Waals surface area contributed by atoms with Gasteiger partial charge in [0, 0.05) is 32.3 Å². The van der Waals surface area contributed by atoms with Crippen molar-refractivity contribution in [3.05, 3.63) is 41.6 Å². The topological polar surface area (TPSA) is 93.1 Å². The van der Waals surface area contributed by atoms with Crippen molar-refractivity contribution in [2.24, 2.45) is 7.05 Å². The van der Waals surface area contributed by atoms with Gasteiger partial charge in [-0.1, -0.05) is 12.1 Å². The van der Waals surface area contributed by atoms with Gasteiger partial charge >= 0.3 is 0 Å². The number of carbonyl (C=O) groups is 1. The van der Waals surface area contributed by atoms with Gasteiger partial charge in [-0.3, -0.25) is 9.48 Å². The van der Waals surface area contributed by atoms with Crippen LogP contribution in [-0.4, -0.2) is 30.7 Å². The number of anilines is 1. The van der Waals surface area contributed by atoms with E-state index >= 15 is 0 Å². The van der Waals surface area contributed by atoms with Crippen LogP contribution in [0.15, 0.2) is 35.4 Å². The fraction of sp³-hybridized carbons (Fsp3) is 0.333. The van der Waals surface area contributed by atoms with E-state index in [0.29, 0.717) is 11.4 Å². The zero-order chi connectivity index (χ0) is 17.0.